The van der Waals surface area contributed by atoms with E-state index in [0.29, 0.717) is 0 Å². The summed E-state index contributed by atoms with van der Waals surface area (Å²) in [5, 5.41) is 3.69. The van der Waals surface area contributed by atoms with E-state index in [1.54, 1.807) is 7.11 Å². The molecule has 1 aliphatic carbocycles. The van der Waals surface area contributed by atoms with Gasteiger partial charge in [-0.25, -0.2) is 0 Å². The average molecular weight is 259 g/mol. The standard InChI is InChI=1S/C14H29NOS/c1-3-15-14(12-17-11-7-10-16-2)13-8-5-4-6-9-13/h13-15H,3-12H2,1-2H3. The SMILES string of the molecule is CCNC(CSCCCOC)C1CCCCC1. The zero-order valence-corrected chi connectivity index (χ0v) is 12.4. The molecule has 0 amide bonds. The highest BCUT2D eigenvalue weighted by molar-refractivity contribution is 7.99. The summed E-state index contributed by atoms with van der Waals surface area (Å²) in [7, 11) is 1.79. The van der Waals surface area contributed by atoms with Gasteiger partial charge in [0.15, 0.2) is 0 Å². The van der Waals surface area contributed by atoms with Gasteiger partial charge in [0, 0.05) is 25.5 Å². The Hall–Kier alpha value is 0.270. The Balaban J connectivity index is 2.17. The molecule has 0 heterocycles. The molecule has 0 aliphatic heterocycles. The molecule has 1 N–H and O–H groups in total. The Labute approximate surface area is 111 Å². The first kappa shape index (κ1) is 15.3. The van der Waals surface area contributed by atoms with Gasteiger partial charge in [-0.05, 0) is 37.5 Å². The minimum absolute atomic E-state index is 0.743. The molecular weight excluding hydrogens is 230 g/mol. The van der Waals surface area contributed by atoms with Crippen LogP contribution in [-0.2, 0) is 4.74 Å². The van der Waals surface area contributed by atoms with Gasteiger partial charge in [0.05, 0.1) is 0 Å². The van der Waals surface area contributed by atoms with Crippen LogP contribution in [0, 0.1) is 5.92 Å². The van der Waals surface area contributed by atoms with Crippen LogP contribution in [0.25, 0.3) is 0 Å². The second-order valence-corrected chi connectivity index (χ2v) is 6.13. The van der Waals surface area contributed by atoms with E-state index < -0.39 is 0 Å². The van der Waals surface area contributed by atoms with Crippen molar-refractivity contribution < 1.29 is 4.74 Å². The zero-order valence-electron chi connectivity index (χ0n) is 11.5. The topological polar surface area (TPSA) is 21.3 Å². The van der Waals surface area contributed by atoms with Crippen molar-refractivity contribution in [3.05, 3.63) is 0 Å². The van der Waals surface area contributed by atoms with Crippen LogP contribution >= 0.6 is 11.8 Å². The fraction of sp³-hybridized carbons (Fsp3) is 1.00. The highest BCUT2D eigenvalue weighted by Gasteiger charge is 2.22. The summed E-state index contributed by atoms with van der Waals surface area (Å²) >= 11 is 2.09. The maximum Gasteiger partial charge on any atom is 0.0470 e. The molecule has 2 nitrogen and oxygen atoms in total. The molecule has 0 saturated heterocycles. The van der Waals surface area contributed by atoms with Gasteiger partial charge in [0.25, 0.3) is 0 Å². The second-order valence-electron chi connectivity index (χ2n) is 4.98. The van der Waals surface area contributed by atoms with E-state index in [1.165, 1.54) is 50.0 Å². The fourth-order valence-electron chi connectivity index (χ4n) is 2.68. The molecule has 1 saturated carbocycles. The molecule has 0 aromatic heterocycles. The Morgan fingerprint density at radius 1 is 1.29 bits per heavy atom. The summed E-state index contributed by atoms with van der Waals surface area (Å²) in [5.74, 6) is 3.45. The third-order valence-corrected chi connectivity index (χ3v) is 4.79. The molecule has 1 fully saturated rings. The molecule has 0 spiro atoms. The summed E-state index contributed by atoms with van der Waals surface area (Å²) in [4.78, 5) is 0. The van der Waals surface area contributed by atoms with Crippen LogP contribution in [0.4, 0.5) is 0 Å². The van der Waals surface area contributed by atoms with Crippen molar-refractivity contribution in [3.63, 3.8) is 0 Å². The van der Waals surface area contributed by atoms with Crippen molar-refractivity contribution in [3.8, 4) is 0 Å². The van der Waals surface area contributed by atoms with Crippen LogP contribution in [0.1, 0.15) is 45.4 Å². The van der Waals surface area contributed by atoms with Gasteiger partial charge >= 0.3 is 0 Å². The molecule has 1 atom stereocenters. The quantitative estimate of drug-likeness (QED) is 0.642. The van der Waals surface area contributed by atoms with E-state index in [0.717, 1.165) is 25.1 Å². The first-order valence-electron chi connectivity index (χ1n) is 7.18. The van der Waals surface area contributed by atoms with E-state index in [2.05, 4.69) is 24.0 Å². The average Bonchev–Trinajstić information content (AvgIpc) is 2.38. The van der Waals surface area contributed by atoms with Crippen molar-refractivity contribution in [2.75, 3.05) is 31.8 Å². The smallest absolute Gasteiger partial charge is 0.0470 e. The van der Waals surface area contributed by atoms with Crippen LogP contribution < -0.4 is 5.32 Å². The van der Waals surface area contributed by atoms with Crippen LogP contribution in [0.5, 0.6) is 0 Å². The Bertz CT molecular complexity index is 172. The number of nitrogens with one attached hydrogen (secondary N) is 1. The lowest BCUT2D eigenvalue weighted by Gasteiger charge is -2.30. The number of hydrogen-bond acceptors (Lipinski definition) is 3. The first-order chi connectivity index (χ1) is 8.38. The Morgan fingerprint density at radius 2 is 2.06 bits per heavy atom. The summed E-state index contributed by atoms with van der Waals surface area (Å²) < 4.78 is 5.08. The predicted molar refractivity (Wildman–Crippen MR) is 77.9 cm³/mol. The molecule has 0 aromatic rings. The number of thioether (sulfide) groups is 1. The molecule has 1 aliphatic rings. The lowest BCUT2D eigenvalue weighted by molar-refractivity contribution is 0.200. The largest absolute Gasteiger partial charge is 0.385 e. The Morgan fingerprint density at radius 3 is 2.71 bits per heavy atom. The lowest BCUT2D eigenvalue weighted by atomic mass is 9.84. The minimum Gasteiger partial charge on any atom is -0.385 e. The summed E-state index contributed by atoms with van der Waals surface area (Å²) in [5.41, 5.74) is 0. The van der Waals surface area contributed by atoms with Gasteiger partial charge in [-0.1, -0.05) is 26.2 Å². The van der Waals surface area contributed by atoms with Gasteiger partial charge in [0.2, 0.25) is 0 Å². The third kappa shape index (κ3) is 6.68. The zero-order chi connectivity index (χ0) is 12.3. The number of rotatable bonds is 9. The number of ether oxygens (including phenoxy) is 1. The normalized spacial score (nSPS) is 19.4. The van der Waals surface area contributed by atoms with Crippen molar-refractivity contribution in [2.45, 2.75) is 51.5 Å². The number of hydrogen-bond donors (Lipinski definition) is 1. The van der Waals surface area contributed by atoms with Crippen LogP contribution in [-0.4, -0.2) is 37.8 Å². The van der Waals surface area contributed by atoms with E-state index in [4.69, 9.17) is 4.74 Å². The lowest BCUT2D eigenvalue weighted by Crippen LogP contribution is -2.39. The van der Waals surface area contributed by atoms with E-state index in [1.807, 2.05) is 0 Å². The molecule has 0 radical (unpaired) electrons. The fourth-order valence-corrected chi connectivity index (χ4v) is 3.81. The van der Waals surface area contributed by atoms with Gasteiger partial charge in [-0.15, -0.1) is 0 Å². The van der Waals surface area contributed by atoms with Crippen LogP contribution in [0.15, 0.2) is 0 Å². The monoisotopic (exact) mass is 259 g/mol. The highest BCUT2D eigenvalue weighted by Crippen LogP contribution is 2.28. The van der Waals surface area contributed by atoms with Gasteiger partial charge in [-0.3, -0.25) is 0 Å². The summed E-state index contributed by atoms with van der Waals surface area (Å²) in [6.07, 6.45) is 8.41. The van der Waals surface area contributed by atoms with Crippen molar-refractivity contribution in [1.29, 1.82) is 0 Å². The molecule has 3 heteroatoms. The maximum atomic E-state index is 5.08. The minimum atomic E-state index is 0.743. The van der Waals surface area contributed by atoms with E-state index in [9.17, 15) is 0 Å². The second kappa shape index (κ2) is 10.2. The molecule has 1 rings (SSSR count). The third-order valence-electron chi connectivity index (χ3n) is 3.62. The van der Waals surface area contributed by atoms with Crippen molar-refractivity contribution in [1.82, 2.24) is 5.32 Å². The van der Waals surface area contributed by atoms with Crippen LogP contribution in [0.2, 0.25) is 0 Å². The molecule has 17 heavy (non-hydrogen) atoms. The molecule has 102 valence electrons. The summed E-state index contributed by atoms with van der Waals surface area (Å²) in [6, 6.07) is 0.743. The van der Waals surface area contributed by atoms with Gasteiger partial charge in [0.1, 0.15) is 0 Å². The molecule has 0 bridgehead atoms. The van der Waals surface area contributed by atoms with Gasteiger partial charge < -0.3 is 10.1 Å². The maximum absolute atomic E-state index is 5.08. The first-order valence-corrected chi connectivity index (χ1v) is 8.34. The van der Waals surface area contributed by atoms with E-state index >= 15 is 0 Å². The van der Waals surface area contributed by atoms with Crippen molar-refractivity contribution >= 4 is 11.8 Å². The molecular formula is C14H29NOS. The summed E-state index contributed by atoms with van der Waals surface area (Å²) in [6.45, 7) is 4.24. The predicted octanol–water partition coefficient (Wildman–Crippen LogP) is 3.31. The Kier molecular flexibility index (Phi) is 9.21. The van der Waals surface area contributed by atoms with Crippen LogP contribution in [0.3, 0.4) is 0 Å². The van der Waals surface area contributed by atoms with Gasteiger partial charge in [-0.2, -0.15) is 11.8 Å². The number of methoxy groups -OCH3 is 1. The molecule has 0 aromatic carbocycles. The molecule has 1 unspecified atom stereocenters. The van der Waals surface area contributed by atoms with Crippen molar-refractivity contribution in [2.24, 2.45) is 5.92 Å². The highest BCUT2D eigenvalue weighted by atomic mass is 32.2. The van der Waals surface area contributed by atoms with E-state index in [-0.39, 0.29) is 0 Å².